The van der Waals surface area contributed by atoms with Gasteiger partial charge in [0.2, 0.25) is 0 Å². The fraction of sp³-hybridized carbons (Fsp3) is 0.632. The summed E-state index contributed by atoms with van der Waals surface area (Å²) in [6.07, 6.45) is 4.12. The Balaban J connectivity index is 1.83. The number of hydrogen-bond acceptors (Lipinski definition) is 5. The lowest BCUT2D eigenvalue weighted by Gasteiger charge is -2.38. The Morgan fingerprint density at radius 1 is 1.08 bits per heavy atom. The summed E-state index contributed by atoms with van der Waals surface area (Å²) in [5.74, 6) is 1.15. The lowest BCUT2D eigenvalue weighted by atomic mass is 10.0. The maximum atomic E-state index is 13.1. The number of piperidine rings is 1. The number of nitrogens with zero attached hydrogens (tertiary/aromatic N) is 1. The van der Waals surface area contributed by atoms with Crippen molar-refractivity contribution < 1.29 is 22.7 Å². The third-order valence-corrected chi connectivity index (χ3v) is 6.92. The number of benzene rings is 1. The molecule has 2 bridgehead atoms. The second-order valence-corrected chi connectivity index (χ2v) is 9.37. The molecule has 0 saturated carbocycles. The van der Waals surface area contributed by atoms with Crippen molar-refractivity contribution in [3.8, 4) is 11.5 Å². The van der Waals surface area contributed by atoms with Crippen molar-refractivity contribution in [1.29, 1.82) is 0 Å². The van der Waals surface area contributed by atoms with Crippen LogP contribution in [-0.4, -0.2) is 56.0 Å². The minimum absolute atomic E-state index is 0.00286. The van der Waals surface area contributed by atoms with Gasteiger partial charge in [0.05, 0.1) is 18.5 Å². The van der Waals surface area contributed by atoms with Crippen LogP contribution in [0.25, 0.3) is 0 Å². The maximum Gasteiger partial charge on any atom is 0.254 e. The normalized spacial score (nSPS) is 25.2. The molecule has 2 saturated heterocycles. The van der Waals surface area contributed by atoms with E-state index in [9.17, 15) is 13.2 Å². The van der Waals surface area contributed by atoms with Crippen LogP contribution in [0, 0.1) is 0 Å². The van der Waals surface area contributed by atoms with E-state index < -0.39 is 9.84 Å². The average molecular weight is 381 g/mol. The number of fused-ring (bicyclic) bond motifs is 2. The van der Waals surface area contributed by atoms with Gasteiger partial charge in [-0.2, -0.15) is 0 Å². The van der Waals surface area contributed by atoms with Crippen LogP contribution >= 0.6 is 0 Å². The Kier molecular flexibility index (Phi) is 5.46. The van der Waals surface area contributed by atoms with Crippen molar-refractivity contribution >= 4 is 15.7 Å². The number of carbonyl (C=O) groups excluding carboxylic acids is 1. The van der Waals surface area contributed by atoms with Gasteiger partial charge in [-0.25, -0.2) is 8.42 Å². The molecule has 6 nitrogen and oxygen atoms in total. The molecule has 7 heteroatoms. The topological polar surface area (TPSA) is 72.9 Å². The molecule has 1 aromatic carbocycles. The van der Waals surface area contributed by atoms with Gasteiger partial charge in [-0.05, 0) is 57.7 Å². The second-order valence-electron chi connectivity index (χ2n) is 7.05. The summed E-state index contributed by atoms with van der Waals surface area (Å²) >= 11 is 0. The smallest absolute Gasteiger partial charge is 0.254 e. The molecule has 3 rings (SSSR count). The summed E-state index contributed by atoms with van der Waals surface area (Å²) in [6.45, 7) is 4.80. The highest BCUT2D eigenvalue weighted by Crippen LogP contribution is 2.39. The van der Waals surface area contributed by atoms with Crippen molar-refractivity contribution in [3.05, 3.63) is 23.8 Å². The third-order valence-electron chi connectivity index (χ3n) is 5.32. The molecule has 2 aliphatic rings. The highest BCUT2D eigenvalue weighted by molar-refractivity contribution is 7.91. The van der Waals surface area contributed by atoms with Gasteiger partial charge in [0, 0.05) is 23.9 Å². The van der Waals surface area contributed by atoms with Crippen LogP contribution in [0.1, 0.15) is 49.9 Å². The minimum Gasteiger partial charge on any atom is -0.490 e. The second kappa shape index (κ2) is 7.47. The number of ether oxygens (including phenoxy) is 2. The van der Waals surface area contributed by atoms with Crippen LogP contribution in [0.15, 0.2) is 18.2 Å². The van der Waals surface area contributed by atoms with E-state index in [0.29, 0.717) is 43.1 Å². The monoisotopic (exact) mass is 381 g/mol. The molecule has 2 heterocycles. The van der Waals surface area contributed by atoms with Crippen LogP contribution in [0.2, 0.25) is 0 Å². The van der Waals surface area contributed by atoms with Crippen LogP contribution in [0.5, 0.6) is 11.5 Å². The van der Waals surface area contributed by atoms with Gasteiger partial charge in [-0.15, -0.1) is 0 Å². The lowest BCUT2D eigenvalue weighted by molar-refractivity contribution is 0.0598. The molecule has 1 aromatic rings. The van der Waals surface area contributed by atoms with Gasteiger partial charge in [-0.1, -0.05) is 0 Å². The number of hydrogen-bond donors (Lipinski definition) is 0. The Morgan fingerprint density at radius 3 is 2.19 bits per heavy atom. The van der Waals surface area contributed by atoms with Crippen molar-refractivity contribution in [2.75, 3.05) is 19.5 Å². The number of sulfone groups is 1. The molecular formula is C19H27NO5S. The molecule has 0 radical (unpaired) electrons. The fourth-order valence-corrected chi connectivity index (χ4v) is 5.28. The quantitative estimate of drug-likeness (QED) is 0.757. The summed E-state index contributed by atoms with van der Waals surface area (Å²) in [5, 5.41) is -0.330. The first-order valence-electron chi connectivity index (χ1n) is 9.26. The lowest BCUT2D eigenvalue weighted by Crippen LogP contribution is -2.49. The molecule has 2 aliphatic heterocycles. The molecule has 0 aromatic heterocycles. The Hall–Kier alpha value is -1.76. The molecule has 0 N–H and O–H groups in total. The highest BCUT2D eigenvalue weighted by Gasteiger charge is 2.46. The van der Waals surface area contributed by atoms with E-state index in [-0.39, 0.29) is 23.2 Å². The maximum absolute atomic E-state index is 13.1. The largest absolute Gasteiger partial charge is 0.490 e. The highest BCUT2D eigenvalue weighted by atomic mass is 32.2. The molecule has 1 amide bonds. The van der Waals surface area contributed by atoms with E-state index >= 15 is 0 Å². The Labute approximate surface area is 155 Å². The third kappa shape index (κ3) is 3.68. The Bertz CT molecular complexity index is 762. The average Bonchev–Trinajstić information content (AvgIpc) is 2.84. The van der Waals surface area contributed by atoms with E-state index in [1.165, 1.54) is 6.26 Å². The summed E-state index contributed by atoms with van der Waals surface area (Å²) < 4.78 is 35.0. The predicted molar refractivity (Wildman–Crippen MR) is 99.6 cm³/mol. The minimum atomic E-state index is -3.07. The SMILES string of the molecule is CCOc1ccc(C(=O)N2C3CCC2CC(S(C)(=O)=O)C3)cc1OCC. The van der Waals surface area contributed by atoms with E-state index in [2.05, 4.69) is 0 Å². The zero-order valence-electron chi connectivity index (χ0n) is 15.6. The first-order chi connectivity index (χ1) is 12.3. The van der Waals surface area contributed by atoms with Crippen LogP contribution in [0.4, 0.5) is 0 Å². The first-order valence-corrected chi connectivity index (χ1v) is 11.2. The zero-order chi connectivity index (χ0) is 18.9. The van der Waals surface area contributed by atoms with E-state index in [4.69, 9.17) is 9.47 Å². The van der Waals surface area contributed by atoms with Gasteiger partial charge in [-0.3, -0.25) is 4.79 Å². The summed E-state index contributed by atoms with van der Waals surface area (Å²) in [4.78, 5) is 15.0. The summed E-state index contributed by atoms with van der Waals surface area (Å²) in [7, 11) is -3.07. The fourth-order valence-electron chi connectivity index (χ4n) is 4.14. The van der Waals surface area contributed by atoms with Crippen molar-refractivity contribution in [2.45, 2.75) is 56.9 Å². The number of amides is 1. The first kappa shape index (κ1) is 19.0. The molecule has 2 atom stereocenters. The van der Waals surface area contributed by atoms with Crippen LogP contribution in [0.3, 0.4) is 0 Å². The summed E-state index contributed by atoms with van der Waals surface area (Å²) in [6, 6.07) is 5.27. The van der Waals surface area contributed by atoms with E-state index in [1.807, 2.05) is 18.7 Å². The zero-order valence-corrected chi connectivity index (χ0v) is 16.4. The Morgan fingerprint density at radius 2 is 1.65 bits per heavy atom. The van der Waals surface area contributed by atoms with Crippen molar-refractivity contribution in [2.24, 2.45) is 0 Å². The van der Waals surface area contributed by atoms with Crippen molar-refractivity contribution in [1.82, 2.24) is 4.90 Å². The number of carbonyl (C=O) groups is 1. The van der Waals surface area contributed by atoms with Gasteiger partial charge >= 0.3 is 0 Å². The molecule has 0 spiro atoms. The van der Waals surface area contributed by atoms with Gasteiger partial charge in [0.1, 0.15) is 9.84 Å². The molecule has 0 aliphatic carbocycles. The molecular weight excluding hydrogens is 354 g/mol. The van der Waals surface area contributed by atoms with E-state index in [1.54, 1.807) is 18.2 Å². The van der Waals surface area contributed by atoms with Crippen LogP contribution in [-0.2, 0) is 9.84 Å². The van der Waals surface area contributed by atoms with Gasteiger partial charge in [0.25, 0.3) is 5.91 Å². The van der Waals surface area contributed by atoms with Gasteiger partial charge in [0.15, 0.2) is 11.5 Å². The molecule has 2 fully saturated rings. The van der Waals surface area contributed by atoms with Crippen molar-refractivity contribution in [3.63, 3.8) is 0 Å². The van der Waals surface area contributed by atoms with E-state index in [0.717, 1.165) is 12.8 Å². The molecule has 144 valence electrons. The standard InChI is InChI=1S/C19H27NO5S/c1-4-24-17-9-6-13(10-18(17)25-5-2)19(21)20-14-7-8-15(20)12-16(11-14)26(3,22)23/h6,9-10,14-16H,4-5,7-8,11-12H2,1-3H3. The predicted octanol–water partition coefficient (Wildman–Crippen LogP) is 2.66. The number of rotatable bonds is 6. The van der Waals surface area contributed by atoms with Crippen LogP contribution < -0.4 is 9.47 Å². The molecule has 2 unspecified atom stereocenters. The van der Waals surface area contributed by atoms with Gasteiger partial charge < -0.3 is 14.4 Å². The summed E-state index contributed by atoms with van der Waals surface area (Å²) in [5.41, 5.74) is 0.562. The molecule has 26 heavy (non-hydrogen) atoms.